The average Bonchev–Trinajstić information content (AvgIpc) is 1.81. The third-order valence-corrected chi connectivity index (χ3v) is 1.07. The van der Waals surface area contributed by atoms with Gasteiger partial charge in [0.1, 0.15) is 0 Å². The van der Waals surface area contributed by atoms with Crippen molar-refractivity contribution in [2.45, 2.75) is 41.5 Å². The van der Waals surface area contributed by atoms with Gasteiger partial charge in [-0.3, -0.25) is 0 Å². The molecule has 0 radical (unpaired) electrons. The summed E-state index contributed by atoms with van der Waals surface area (Å²) in [6.45, 7) is 14.8. The summed E-state index contributed by atoms with van der Waals surface area (Å²) in [6.07, 6.45) is 0. The fourth-order valence-electron chi connectivity index (χ4n) is 0.663. The van der Waals surface area contributed by atoms with E-state index in [-0.39, 0.29) is 0 Å². The molecule has 88 valence electrons. The number of ether oxygens (including phenoxy) is 2. The Morgan fingerprint density at radius 3 is 1.07 bits per heavy atom. The highest BCUT2D eigenvalue weighted by Gasteiger charge is 2.14. The first kappa shape index (κ1) is 16.4. The van der Waals surface area contributed by atoms with Crippen LogP contribution in [-0.4, -0.2) is 27.4 Å². The molecule has 0 aliphatic rings. The number of rotatable bonds is 2. The Morgan fingerprint density at radius 2 is 0.929 bits per heavy atom. The van der Waals surface area contributed by atoms with Crippen molar-refractivity contribution in [3.8, 4) is 0 Å². The Balaban J connectivity index is 0. The van der Waals surface area contributed by atoms with Gasteiger partial charge >= 0.3 is 0 Å². The molecule has 0 saturated heterocycles. The van der Waals surface area contributed by atoms with Crippen LogP contribution >= 0.6 is 0 Å². The molecule has 0 atom stereocenters. The minimum absolute atomic E-state index is 0.297. The van der Waals surface area contributed by atoms with Gasteiger partial charge in [0.2, 0.25) is 0 Å². The second kappa shape index (κ2) is 7.24. The van der Waals surface area contributed by atoms with E-state index >= 15 is 0 Å². The van der Waals surface area contributed by atoms with Gasteiger partial charge in [-0.1, -0.05) is 41.5 Å². The van der Waals surface area contributed by atoms with E-state index in [4.69, 9.17) is 4.74 Å². The van der Waals surface area contributed by atoms with Crippen molar-refractivity contribution in [2.75, 3.05) is 27.4 Å². The Bertz CT molecular complexity index is 103. The van der Waals surface area contributed by atoms with Crippen molar-refractivity contribution in [1.82, 2.24) is 0 Å². The molecule has 0 N–H and O–H groups in total. The van der Waals surface area contributed by atoms with Gasteiger partial charge < -0.3 is 9.47 Å². The van der Waals surface area contributed by atoms with E-state index in [1.165, 1.54) is 0 Å². The molecular formula is C12H28O2. The molecule has 0 aromatic heterocycles. The molecule has 0 unspecified atom stereocenters. The van der Waals surface area contributed by atoms with Gasteiger partial charge in [0.05, 0.1) is 13.2 Å². The normalized spacial score (nSPS) is 12.0. The van der Waals surface area contributed by atoms with Crippen molar-refractivity contribution in [1.29, 1.82) is 0 Å². The standard InChI is InChI=1S/C10H22O.C2H6O/c1-9(2,3)7-11-8-10(4,5)6;1-3-2/h7-8H2,1-6H3;1-2H3. The quantitative estimate of drug-likeness (QED) is 0.686. The second-order valence-electron chi connectivity index (χ2n) is 6.02. The van der Waals surface area contributed by atoms with E-state index < -0.39 is 0 Å². The largest absolute Gasteiger partial charge is 0.388 e. The number of hydrogen-bond donors (Lipinski definition) is 0. The van der Waals surface area contributed by atoms with Crippen LogP contribution in [0.1, 0.15) is 41.5 Å². The van der Waals surface area contributed by atoms with Crippen LogP contribution in [0.2, 0.25) is 0 Å². The first-order chi connectivity index (χ1) is 6.12. The summed E-state index contributed by atoms with van der Waals surface area (Å²) < 4.78 is 9.81. The molecule has 0 saturated carbocycles. The van der Waals surface area contributed by atoms with Crippen LogP contribution < -0.4 is 0 Å². The van der Waals surface area contributed by atoms with Crippen molar-refractivity contribution < 1.29 is 9.47 Å². The first-order valence-corrected chi connectivity index (χ1v) is 5.10. The SMILES string of the molecule is CC(C)(C)COCC(C)(C)C.COC. The van der Waals surface area contributed by atoms with Crippen molar-refractivity contribution in [3.05, 3.63) is 0 Å². The second-order valence-corrected chi connectivity index (χ2v) is 6.02. The van der Waals surface area contributed by atoms with Crippen molar-refractivity contribution in [2.24, 2.45) is 10.8 Å². The fourth-order valence-corrected chi connectivity index (χ4v) is 0.663. The lowest BCUT2D eigenvalue weighted by atomic mass is 9.97. The van der Waals surface area contributed by atoms with Crippen molar-refractivity contribution in [3.63, 3.8) is 0 Å². The molecule has 0 spiro atoms. The van der Waals surface area contributed by atoms with Crippen LogP contribution in [0.3, 0.4) is 0 Å². The first-order valence-electron chi connectivity index (χ1n) is 5.10. The predicted octanol–water partition coefficient (Wildman–Crippen LogP) is 3.36. The summed E-state index contributed by atoms with van der Waals surface area (Å²) in [5.41, 5.74) is 0.594. The lowest BCUT2D eigenvalue weighted by molar-refractivity contribution is 0.0275. The summed E-state index contributed by atoms with van der Waals surface area (Å²) in [6, 6.07) is 0. The minimum Gasteiger partial charge on any atom is -0.388 e. The maximum absolute atomic E-state index is 5.56. The van der Waals surface area contributed by atoms with Crippen LogP contribution in [0.15, 0.2) is 0 Å². The third-order valence-electron chi connectivity index (χ3n) is 1.07. The topological polar surface area (TPSA) is 18.5 Å². The van der Waals surface area contributed by atoms with E-state index in [0.717, 1.165) is 13.2 Å². The number of hydrogen-bond acceptors (Lipinski definition) is 2. The molecule has 0 aromatic carbocycles. The lowest BCUT2D eigenvalue weighted by Gasteiger charge is -2.23. The minimum atomic E-state index is 0.297. The van der Waals surface area contributed by atoms with Gasteiger partial charge in [0, 0.05) is 14.2 Å². The van der Waals surface area contributed by atoms with Gasteiger partial charge in [-0.2, -0.15) is 0 Å². The highest BCUT2D eigenvalue weighted by Crippen LogP contribution is 2.17. The molecule has 0 aliphatic carbocycles. The summed E-state index contributed by atoms with van der Waals surface area (Å²) in [7, 11) is 3.25. The van der Waals surface area contributed by atoms with Crippen molar-refractivity contribution >= 4 is 0 Å². The number of methoxy groups -OCH3 is 1. The summed E-state index contributed by atoms with van der Waals surface area (Å²) >= 11 is 0. The van der Waals surface area contributed by atoms with E-state index in [0.29, 0.717) is 10.8 Å². The third kappa shape index (κ3) is 22.7. The summed E-state index contributed by atoms with van der Waals surface area (Å²) in [5, 5.41) is 0. The van der Waals surface area contributed by atoms with E-state index in [1.807, 2.05) is 0 Å². The molecule has 0 rings (SSSR count). The zero-order chi connectivity index (χ0) is 11.8. The predicted molar refractivity (Wildman–Crippen MR) is 62.7 cm³/mol. The smallest absolute Gasteiger partial charge is 0.0514 e. The highest BCUT2D eigenvalue weighted by molar-refractivity contribution is 4.63. The maximum atomic E-state index is 5.56. The molecule has 0 aromatic rings. The molecule has 2 nitrogen and oxygen atoms in total. The van der Waals surface area contributed by atoms with E-state index in [9.17, 15) is 0 Å². The Hall–Kier alpha value is -0.0800. The zero-order valence-electron chi connectivity index (χ0n) is 11.2. The summed E-state index contributed by atoms with van der Waals surface area (Å²) in [5.74, 6) is 0. The summed E-state index contributed by atoms with van der Waals surface area (Å²) in [4.78, 5) is 0. The Morgan fingerprint density at radius 1 is 0.714 bits per heavy atom. The lowest BCUT2D eigenvalue weighted by Crippen LogP contribution is -2.21. The van der Waals surface area contributed by atoms with Crippen LogP contribution in [0.4, 0.5) is 0 Å². The molecule has 2 heteroatoms. The van der Waals surface area contributed by atoms with E-state index in [2.05, 4.69) is 46.3 Å². The molecule has 0 fully saturated rings. The zero-order valence-corrected chi connectivity index (χ0v) is 11.2. The van der Waals surface area contributed by atoms with E-state index in [1.54, 1.807) is 14.2 Å². The monoisotopic (exact) mass is 204 g/mol. The van der Waals surface area contributed by atoms with Gasteiger partial charge in [-0.15, -0.1) is 0 Å². The van der Waals surface area contributed by atoms with Gasteiger partial charge in [-0.05, 0) is 10.8 Å². The molecule has 14 heavy (non-hydrogen) atoms. The molecular weight excluding hydrogens is 176 g/mol. The molecule has 0 aliphatic heterocycles. The molecule has 0 bridgehead atoms. The van der Waals surface area contributed by atoms with Gasteiger partial charge in [0.15, 0.2) is 0 Å². The average molecular weight is 204 g/mol. The Labute approximate surface area is 90.0 Å². The van der Waals surface area contributed by atoms with Crippen LogP contribution in [0.5, 0.6) is 0 Å². The van der Waals surface area contributed by atoms with Gasteiger partial charge in [-0.25, -0.2) is 0 Å². The molecule has 0 heterocycles. The highest BCUT2D eigenvalue weighted by atomic mass is 16.5. The Kier molecular flexibility index (Phi) is 8.46. The fraction of sp³-hybridized carbons (Fsp3) is 1.00. The maximum Gasteiger partial charge on any atom is 0.0514 e. The van der Waals surface area contributed by atoms with Crippen LogP contribution in [0, 0.1) is 10.8 Å². The van der Waals surface area contributed by atoms with Gasteiger partial charge in [0.25, 0.3) is 0 Å². The van der Waals surface area contributed by atoms with Crippen LogP contribution in [-0.2, 0) is 9.47 Å². The molecule has 0 amide bonds. The van der Waals surface area contributed by atoms with Crippen LogP contribution in [0.25, 0.3) is 0 Å².